The molecule has 1 N–H and O–H groups in total. The van der Waals surface area contributed by atoms with E-state index in [0.29, 0.717) is 6.61 Å². The molecule has 1 aliphatic heterocycles. The van der Waals surface area contributed by atoms with E-state index in [1.807, 2.05) is 0 Å². The Balaban J connectivity index is 2.11. The Hall–Kier alpha value is -0.870. The molecule has 0 aromatic heterocycles. The molecule has 0 amide bonds. The van der Waals surface area contributed by atoms with Gasteiger partial charge in [-0.15, -0.1) is 0 Å². The van der Waals surface area contributed by atoms with E-state index in [9.17, 15) is 8.78 Å². The predicted molar refractivity (Wildman–Crippen MR) is 63.4 cm³/mol. The van der Waals surface area contributed by atoms with E-state index < -0.39 is 11.6 Å². The van der Waals surface area contributed by atoms with E-state index in [2.05, 4.69) is 5.32 Å². The Bertz CT molecular complexity index is 369. The third-order valence-corrected chi connectivity index (χ3v) is 3.11. The molecule has 1 heterocycles. The molecule has 1 aliphatic rings. The fourth-order valence-corrected chi connectivity index (χ4v) is 2.18. The topological polar surface area (TPSA) is 21.3 Å². The van der Waals surface area contributed by atoms with Crippen LogP contribution in [0, 0.1) is 11.6 Å². The van der Waals surface area contributed by atoms with E-state index in [0.717, 1.165) is 38.0 Å². The maximum absolute atomic E-state index is 13.5. The van der Waals surface area contributed by atoms with Crippen molar-refractivity contribution in [2.24, 2.45) is 0 Å². The van der Waals surface area contributed by atoms with Gasteiger partial charge in [-0.2, -0.15) is 0 Å². The van der Waals surface area contributed by atoms with E-state index >= 15 is 0 Å². The van der Waals surface area contributed by atoms with Gasteiger partial charge in [0.05, 0.1) is 10.7 Å². The van der Waals surface area contributed by atoms with Gasteiger partial charge in [0.25, 0.3) is 0 Å². The molecule has 2 rings (SSSR count). The second kappa shape index (κ2) is 5.65. The zero-order chi connectivity index (χ0) is 12.3. The molecule has 94 valence electrons. The van der Waals surface area contributed by atoms with E-state index in [4.69, 9.17) is 16.3 Å². The smallest absolute Gasteiger partial charge is 0.150 e. The van der Waals surface area contributed by atoms with Crippen molar-refractivity contribution in [2.45, 2.75) is 25.3 Å². The molecular weight excluding hydrogens is 248 g/mol. The standard InChI is InChI=1S/C12H14ClF2NO/c13-10-6-8(14)7-11(15)12(10)16-9-2-1-4-17-5-3-9/h6-7,9,16H,1-5H2. The summed E-state index contributed by atoms with van der Waals surface area (Å²) in [5.41, 5.74) is 0.181. The number of rotatable bonds is 2. The lowest BCUT2D eigenvalue weighted by Gasteiger charge is -2.18. The van der Waals surface area contributed by atoms with Crippen molar-refractivity contribution in [1.82, 2.24) is 0 Å². The van der Waals surface area contributed by atoms with Crippen LogP contribution in [0.1, 0.15) is 19.3 Å². The van der Waals surface area contributed by atoms with Crippen molar-refractivity contribution in [3.8, 4) is 0 Å². The van der Waals surface area contributed by atoms with Crippen molar-refractivity contribution < 1.29 is 13.5 Å². The third-order valence-electron chi connectivity index (χ3n) is 2.81. The first-order chi connectivity index (χ1) is 8.16. The maximum atomic E-state index is 13.5. The molecule has 0 spiro atoms. The van der Waals surface area contributed by atoms with Crippen molar-refractivity contribution in [2.75, 3.05) is 18.5 Å². The van der Waals surface area contributed by atoms with Crippen molar-refractivity contribution in [3.05, 3.63) is 28.8 Å². The highest BCUT2D eigenvalue weighted by atomic mass is 35.5. The highest BCUT2D eigenvalue weighted by Crippen LogP contribution is 2.28. The summed E-state index contributed by atoms with van der Waals surface area (Å²) in [7, 11) is 0. The van der Waals surface area contributed by atoms with Gasteiger partial charge in [0.15, 0.2) is 5.82 Å². The summed E-state index contributed by atoms with van der Waals surface area (Å²) in [5, 5.41) is 3.11. The molecule has 0 bridgehead atoms. The number of halogens is 3. The molecule has 1 unspecified atom stereocenters. The molecule has 1 aromatic carbocycles. The van der Waals surface area contributed by atoms with Crippen LogP contribution in [0.4, 0.5) is 14.5 Å². The Labute approximate surface area is 104 Å². The van der Waals surface area contributed by atoms with Gasteiger partial charge < -0.3 is 10.1 Å². The van der Waals surface area contributed by atoms with Crippen LogP contribution in [0.5, 0.6) is 0 Å². The number of ether oxygens (including phenoxy) is 1. The Morgan fingerprint density at radius 3 is 2.82 bits per heavy atom. The molecule has 1 saturated heterocycles. The van der Waals surface area contributed by atoms with Crippen molar-refractivity contribution in [1.29, 1.82) is 0 Å². The zero-order valence-corrected chi connectivity index (χ0v) is 10.1. The molecular formula is C12H14ClF2NO. The summed E-state index contributed by atoms with van der Waals surface area (Å²) in [5.74, 6) is -1.32. The first kappa shape index (κ1) is 12.6. The van der Waals surface area contributed by atoms with E-state index in [-0.39, 0.29) is 16.8 Å². The van der Waals surface area contributed by atoms with Gasteiger partial charge >= 0.3 is 0 Å². The summed E-state index contributed by atoms with van der Waals surface area (Å²) >= 11 is 5.82. The molecule has 17 heavy (non-hydrogen) atoms. The molecule has 1 atom stereocenters. The van der Waals surface area contributed by atoms with Gasteiger partial charge in [-0.1, -0.05) is 11.6 Å². The van der Waals surface area contributed by atoms with E-state index in [1.54, 1.807) is 0 Å². The number of nitrogens with one attached hydrogen (secondary N) is 1. The van der Waals surface area contributed by atoms with Crippen LogP contribution in [0.15, 0.2) is 12.1 Å². The SMILES string of the molecule is Fc1cc(F)c(NC2CCCOCC2)c(Cl)c1. The first-order valence-electron chi connectivity index (χ1n) is 5.65. The number of hydrogen-bond donors (Lipinski definition) is 1. The van der Waals surface area contributed by atoms with Gasteiger partial charge in [0.1, 0.15) is 5.82 Å². The van der Waals surface area contributed by atoms with Crippen LogP contribution in [0.2, 0.25) is 5.02 Å². The minimum atomic E-state index is -0.665. The van der Waals surface area contributed by atoms with Crippen LogP contribution in [0.25, 0.3) is 0 Å². The lowest BCUT2D eigenvalue weighted by molar-refractivity contribution is 0.144. The fraction of sp³-hybridized carbons (Fsp3) is 0.500. The van der Waals surface area contributed by atoms with E-state index in [1.165, 1.54) is 0 Å². The summed E-state index contributed by atoms with van der Waals surface area (Å²) in [6.45, 7) is 1.38. The fourth-order valence-electron chi connectivity index (χ4n) is 1.93. The van der Waals surface area contributed by atoms with Crippen LogP contribution >= 0.6 is 11.6 Å². The molecule has 5 heteroatoms. The lowest BCUT2D eigenvalue weighted by Crippen LogP contribution is -2.20. The highest BCUT2D eigenvalue weighted by molar-refractivity contribution is 6.33. The van der Waals surface area contributed by atoms with Gasteiger partial charge in [-0.25, -0.2) is 8.78 Å². The molecule has 0 saturated carbocycles. The first-order valence-corrected chi connectivity index (χ1v) is 6.03. The number of benzene rings is 1. The monoisotopic (exact) mass is 261 g/mol. The van der Waals surface area contributed by atoms with Crippen molar-refractivity contribution in [3.63, 3.8) is 0 Å². The largest absolute Gasteiger partial charge is 0.381 e. The molecule has 1 fully saturated rings. The average molecular weight is 262 g/mol. The Morgan fingerprint density at radius 1 is 1.24 bits per heavy atom. The highest BCUT2D eigenvalue weighted by Gasteiger charge is 2.16. The molecule has 2 nitrogen and oxygen atoms in total. The van der Waals surface area contributed by atoms with Crippen LogP contribution in [0.3, 0.4) is 0 Å². The minimum absolute atomic E-state index is 0.0765. The summed E-state index contributed by atoms with van der Waals surface area (Å²) < 4.78 is 31.7. The average Bonchev–Trinajstić information content (AvgIpc) is 2.51. The predicted octanol–water partition coefficient (Wildman–Crippen LogP) is 3.60. The van der Waals surface area contributed by atoms with Gasteiger partial charge in [0.2, 0.25) is 0 Å². The van der Waals surface area contributed by atoms with Crippen LogP contribution in [-0.2, 0) is 4.74 Å². The summed E-state index contributed by atoms with van der Waals surface area (Å²) in [4.78, 5) is 0. The Kier molecular flexibility index (Phi) is 4.18. The normalized spacial score (nSPS) is 21.0. The van der Waals surface area contributed by atoms with Crippen LogP contribution in [-0.4, -0.2) is 19.3 Å². The second-order valence-electron chi connectivity index (χ2n) is 4.13. The molecule has 0 aliphatic carbocycles. The summed E-state index contributed by atoms with van der Waals surface area (Å²) in [6.07, 6.45) is 2.62. The quantitative estimate of drug-likeness (QED) is 0.878. The van der Waals surface area contributed by atoms with Crippen LogP contribution < -0.4 is 5.32 Å². The third kappa shape index (κ3) is 3.30. The molecule has 1 aromatic rings. The number of hydrogen-bond acceptors (Lipinski definition) is 2. The number of anilines is 1. The Morgan fingerprint density at radius 2 is 2.06 bits per heavy atom. The van der Waals surface area contributed by atoms with Gasteiger partial charge in [0, 0.05) is 25.3 Å². The maximum Gasteiger partial charge on any atom is 0.150 e. The molecule has 0 radical (unpaired) electrons. The lowest BCUT2D eigenvalue weighted by atomic mass is 10.1. The van der Waals surface area contributed by atoms with Gasteiger partial charge in [-0.3, -0.25) is 0 Å². The minimum Gasteiger partial charge on any atom is -0.381 e. The van der Waals surface area contributed by atoms with Gasteiger partial charge in [-0.05, 0) is 25.3 Å². The summed E-state index contributed by atoms with van der Waals surface area (Å²) in [6, 6.07) is 2.07. The zero-order valence-electron chi connectivity index (χ0n) is 9.31. The second-order valence-corrected chi connectivity index (χ2v) is 4.54. The van der Waals surface area contributed by atoms with Crippen molar-refractivity contribution >= 4 is 17.3 Å².